The number of nitrogens with zero attached hydrogens (tertiary/aromatic N) is 2. The molecule has 0 radical (unpaired) electrons. The van der Waals surface area contributed by atoms with Crippen molar-refractivity contribution in [3.8, 4) is 0 Å². The van der Waals surface area contributed by atoms with Gasteiger partial charge in [-0.05, 0) is 26.0 Å². The van der Waals surface area contributed by atoms with Crippen LogP contribution in [0.3, 0.4) is 0 Å². The van der Waals surface area contributed by atoms with Gasteiger partial charge in [-0.15, -0.1) is 0 Å². The molecule has 2 rings (SSSR count). The van der Waals surface area contributed by atoms with Gasteiger partial charge in [0.2, 0.25) is 0 Å². The summed E-state index contributed by atoms with van der Waals surface area (Å²) in [5, 5.41) is 0. The topological polar surface area (TPSA) is 53.1 Å². The molecular formula is C14H21N3O. The first-order valence-electron chi connectivity index (χ1n) is 6.17. The van der Waals surface area contributed by atoms with E-state index < -0.39 is 0 Å². The summed E-state index contributed by atoms with van der Waals surface area (Å²) in [6.45, 7) is 4.00. The Morgan fingerprint density at radius 2 is 2.06 bits per heavy atom. The van der Waals surface area contributed by atoms with Crippen LogP contribution in [-0.2, 0) is 18.2 Å². The average molecular weight is 247 g/mol. The number of hydrogen-bond acceptors (Lipinski definition) is 3. The van der Waals surface area contributed by atoms with Crippen molar-refractivity contribution in [3.63, 3.8) is 0 Å². The Balaban J connectivity index is 2.30. The van der Waals surface area contributed by atoms with Crippen LogP contribution in [0.2, 0.25) is 0 Å². The number of benzene rings is 1. The lowest BCUT2D eigenvalue weighted by Crippen LogP contribution is -2.46. The van der Waals surface area contributed by atoms with Crippen LogP contribution >= 0.6 is 0 Å². The Morgan fingerprint density at radius 1 is 1.39 bits per heavy atom. The van der Waals surface area contributed by atoms with Crippen LogP contribution in [0.25, 0.3) is 11.0 Å². The van der Waals surface area contributed by atoms with Crippen LogP contribution in [0.15, 0.2) is 24.3 Å². The first-order valence-corrected chi connectivity index (χ1v) is 6.17. The minimum Gasteiger partial charge on any atom is -0.377 e. The van der Waals surface area contributed by atoms with Crippen LogP contribution in [0, 0.1) is 0 Å². The number of nitrogens with two attached hydrogens (primary N) is 1. The Bertz CT molecular complexity index is 545. The van der Waals surface area contributed by atoms with Crippen LogP contribution in [-0.4, -0.2) is 28.3 Å². The largest absolute Gasteiger partial charge is 0.377 e. The molecule has 0 aliphatic carbocycles. The van der Waals surface area contributed by atoms with Crippen molar-refractivity contribution in [3.05, 3.63) is 30.1 Å². The van der Waals surface area contributed by atoms with Gasteiger partial charge in [0.15, 0.2) is 0 Å². The highest BCUT2D eigenvalue weighted by atomic mass is 16.5. The second-order valence-electron chi connectivity index (χ2n) is 5.19. The van der Waals surface area contributed by atoms with E-state index in [-0.39, 0.29) is 11.6 Å². The highest BCUT2D eigenvalue weighted by molar-refractivity contribution is 5.75. The molecule has 1 unspecified atom stereocenters. The monoisotopic (exact) mass is 247 g/mol. The third-order valence-corrected chi connectivity index (χ3v) is 3.70. The quantitative estimate of drug-likeness (QED) is 0.897. The number of hydrogen-bond donors (Lipinski definition) is 1. The maximum absolute atomic E-state index is 6.21. The molecule has 4 heteroatoms. The molecule has 0 aliphatic rings. The average Bonchev–Trinajstić information content (AvgIpc) is 2.67. The second-order valence-corrected chi connectivity index (χ2v) is 5.19. The Kier molecular flexibility index (Phi) is 3.41. The van der Waals surface area contributed by atoms with E-state index in [1.54, 1.807) is 7.11 Å². The number of methoxy groups -OCH3 is 1. The molecule has 1 aromatic carbocycles. The number of fused-ring (bicyclic) bond motifs is 1. The maximum Gasteiger partial charge on any atom is 0.111 e. The van der Waals surface area contributed by atoms with Crippen molar-refractivity contribution in [2.75, 3.05) is 7.11 Å². The number of para-hydroxylation sites is 2. The molecule has 0 saturated carbocycles. The summed E-state index contributed by atoms with van der Waals surface area (Å²) in [5.41, 5.74) is 8.00. The van der Waals surface area contributed by atoms with Crippen molar-refractivity contribution in [2.45, 2.75) is 31.9 Å². The van der Waals surface area contributed by atoms with Gasteiger partial charge in [0.1, 0.15) is 5.82 Å². The SMILES string of the molecule is COC(C)(C)C(N)Cc1nc2ccccc2n1C. The highest BCUT2D eigenvalue weighted by Crippen LogP contribution is 2.19. The van der Waals surface area contributed by atoms with Crippen molar-refractivity contribution in [2.24, 2.45) is 12.8 Å². The van der Waals surface area contributed by atoms with Crippen LogP contribution in [0.4, 0.5) is 0 Å². The van der Waals surface area contributed by atoms with Crippen LogP contribution < -0.4 is 5.73 Å². The van der Waals surface area contributed by atoms with Gasteiger partial charge in [0, 0.05) is 26.6 Å². The zero-order valence-corrected chi connectivity index (χ0v) is 11.5. The van der Waals surface area contributed by atoms with Crippen molar-refractivity contribution in [1.29, 1.82) is 0 Å². The second kappa shape index (κ2) is 4.71. The predicted octanol–water partition coefficient (Wildman–Crippen LogP) is 1.87. The standard InChI is InChI=1S/C14H21N3O/c1-14(2,18-4)12(15)9-13-16-10-7-5-6-8-11(10)17(13)3/h5-8,12H,9,15H2,1-4H3. The molecule has 2 aromatic rings. The molecule has 1 aromatic heterocycles. The first kappa shape index (κ1) is 13.1. The molecule has 0 spiro atoms. The van der Waals surface area contributed by atoms with Crippen LogP contribution in [0.5, 0.6) is 0 Å². The van der Waals surface area contributed by atoms with Gasteiger partial charge in [-0.25, -0.2) is 4.98 Å². The maximum atomic E-state index is 6.21. The fourth-order valence-electron chi connectivity index (χ4n) is 1.97. The van der Waals surface area contributed by atoms with Gasteiger partial charge in [-0.1, -0.05) is 12.1 Å². The minimum absolute atomic E-state index is 0.0852. The lowest BCUT2D eigenvalue weighted by atomic mass is 9.96. The lowest BCUT2D eigenvalue weighted by molar-refractivity contribution is 0.000224. The molecule has 0 amide bonds. The number of ether oxygens (including phenoxy) is 1. The van der Waals surface area contributed by atoms with Gasteiger partial charge < -0.3 is 15.0 Å². The zero-order chi connectivity index (χ0) is 13.3. The molecule has 18 heavy (non-hydrogen) atoms. The van der Waals surface area contributed by atoms with Gasteiger partial charge in [0.05, 0.1) is 16.6 Å². The molecule has 0 saturated heterocycles. The molecule has 4 nitrogen and oxygen atoms in total. The first-order chi connectivity index (χ1) is 8.45. The van der Waals surface area contributed by atoms with Crippen molar-refractivity contribution >= 4 is 11.0 Å². The predicted molar refractivity (Wildman–Crippen MR) is 73.5 cm³/mol. The third-order valence-electron chi connectivity index (χ3n) is 3.70. The van der Waals surface area contributed by atoms with E-state index in [1.807, 2.05) is 39.1 Å². The summed E-state index contributed by atoms with van der Waals surface area (Å²) < 4.78 is 7.52. The van der Waals surface area contributed by atoms with Crippen molar-refractivity contribution in [1.82, 2.24) is 9.55 Å². The lowest BCUT2D eigenvalue weighted by Gasteiger charge is -2.29. The van der Waals surface area contributed by atoms with Gasteiger partial charge >= 0.3 is 0 Å². The summed E-state index contributed by atoms with van der Waals surface area (Å²) in [6, 6.07) is 8.02. The third kappa shape index (κ3) is 2.26. The Hall–Kier alpha value is -1.39. The highest BCUT2D eigenvalue weighted by Gasteiger charge is 2.27. The minimum atomic E-state index is -0.349. The smallest absolute Gasteiger partial charge is 0.111 e. The summed E-state index contributed by atoms with van der Waals surface area (Å²) in [6.07, 6.45) is 0.700. The summed E-state index contributed by atoms with van der Waals surface area (Å²) >= 11 is 0. The molecule has 0 fully saturated rings. The fourth-order valence-corrected chi connectivity index (χ4v) is 1.97. The van der Waals surface area contributed by atoms with E-state index in [9.17, 15) is 0 Å². The molecule has 2 N–H and O–H groups in total. The number of imidazole rings is 1. The summed E-state index contributed by atoms with van der Waals surface area (Å²) in [5.74, 6) is 0.994. The Labute approximate surface area is 108 Å². The van der Waals surface area contributed by atoms with Gasteiger partial charge in [-0.3, -0.25) is 0 Å². The fraction of sp³-hybridized carbons (Fsp3) is 0.500. The summed E-state index contributed by atoms with van der Waals surface area (Å²) in [7, 11) is 3.71. The Morgan fingerprint density at radius 3 is 2.67 bits per heavy atom. The van der Waals surface area contributed by atoms with E-state index in [1.165, 1.54) is 0 Å². The molecule has 0 bridgehead atoms. The number of rotatable bonds is 4. The summed E-state index contributed by atoms with van der Waals surface area (Å²) in [4.78, 5) is 4.63. The number of aromatic nitrogens is 2. The molecule has 1 heterocycles. The molecule has 1 atom stereocenters. The van der Waals surface area contributed by atoms with Gasteiger partial charge in [-0.2, -0.15) is 0 Å². The number of aryl methyl sites for hydroxylation is 1. The van der Waals surface area contributed by atoms with Gasteiger partial charge in [0.25, 0.3) is 0 Å². The zero-order valence-electron chi connectivity index (χ0n) is 11.5. The van der Waals surface area contributed by atoms with Crippen LogP contribution in [0.1, 0.15) is 19.7 Å². The van der Waals surface area contributed by atoms with Crippen molar-refractivity contribution < 1.29 is 4.74 Å². The van der Waals surface area contributed by atoms with E-state index >= 15 is 0 Å². The molecular weight excluding hydrogens is 226 g/mol. The van der Waals surface area contributed by atoms with E-state index in [0.717, 1.165) is 16.9 Å². The normalized spacial score (nSPS) is 14.1. The van der Waals surface area contributed by atoms with E-state index in [0.29, 0.717) is 6.42 Å². The van der Waals surface area contributed by atoms with E-state index in [2.05, 4.69) is 15.6 Å². The van der Waals surface area contributed by atoms with E-state index in [4.69, 9.17) is 10.5 Å². The molecule has 98 valence electrons. The molecule has 0 aliphatic heterocycles.